The number of hydrogen-bond acceptors (Lipinski definition) is 3. The van der Waals surface area contributed by atoms with Crippen molar-refractivity contribution in [3.8, 4) is 0 Å². The number of piperidine rings is 1. The van der Waals surface area contributed by atoms with Crippen molar-refractivity contribution in [1.82, 2.24) is 9.80 Å². The van der Waals surface area contributed by atoms with E-state index in [1.54, 1.807) is 9.80 Å². The van der Waals surface area contributed by atoms with E-state index < -0.39 is 0 Å². The topological polar surface area (TPSA) is 57.7 Å². The highest BCUT2D eigenvalue weighted by Crippen LogP contribution is 2.25. The fourth-order valence-corrected chi connectivity index (χ4v) is 3.16. The molecular formula is C16H26N2O3. The molecule has 1 unspecified atom stereocenters. The SMILES string of the molecule is CC(C)C1CCC(=O)N(CC(=O)N2CCC(=O)CC2)CC1. The monoisotopic (exact) mass is 294 g/mol. The Bertz CT molecular complexity index is 410. The third kappa shape index (κ3) is 4.29. The minimum absolute atomic E-state index is 0.0150. The molecule has 0 radical (unpaired) electrons. The number of carbonyl (C=O) groups excluding carboxylic acids is 3. The Hall–Kier alpha value is -1.39. The second-order valence-corrected chi connectivity index (χ2v) is 6.57. The van der Waals surface area contributed by atoms with Crippen molar-refractivity contribution in [1.29, 1.82) is 0 Å². The van der Waals surface area contributed by atoms with Gasteiger partial charge in [0.25, 0.3) is 0 Å². The molecule has 0 spiro atoms. The summed E-state index contributed by atoms with van der Waals surface area (Å²) >= 11 is 0. The van der Waals surface area contributed by atoms with Gasteiger partial charge < -0.3 is 9.80 Å². The summed E-state index contributed by atoms with van der Waals surface area (Å²) in [6.07, 6.45) is 3.37. The lowest BCUT2D eigenvalue weighted by Crippen LogP contribution is -2.45. The molecule has 0 aliphatic carbocycles. The molecule has 0 N–H and O–H groups in total. The van der Waals surface area contributed by atoms with Crippen molar-refractivity contribution in [3.63, 3.8) is 0 Å². The van der Waals surface area contributed by atoms with E-state index in [9.17, 15) is 14.4 Å². The van der Waals surface area contributed by atoms with Gasteiger partial charge in [0.15, 0.2) is 0 Å². The lowest BCUT2D eigenvalue weighted by molar-refractivity contribution is -0.141. The smallest absolute Gasteiger partial charge is 0.242 e. The number of rotatable bonds is 3. The number of nitrogens with zero attached hydrogens (tertiary/aromatic N) is 2. The molecule has 118 valence electrons. The van der Waals surface area contributed by atoms with Crippen molar-refractivity contribution in [2.45, 2.75) is 46.0 Å². The maximum Gasteiger partial charge on any atom is 0.242 e. The molecule has 2 rings (SSSR count). The summed E-state index contributed by atoms with van der Waals surface area (Å²) in [5, 5.41) is 0. The average molecular weight is 294 g/mol. The standard InChI is InChI=1S/C16H26N2O3/c1-12(2)13-3-4-15(20)18(8-5-13)11-16(21)17-9-6-14(19)7-10-17/h12-13H,3-11H2,1-2H3. The summed E-state index contributed by atoms with van der Waals surface area (Å²) in [6.45, 7) is 6.27. The highest BCUT2D eigenvalue weighted by atomic mass is 16.2. The Kier molecular flexibility index (Phi) is 5.37. The molecular weight excluding hydrogens is 268 g/mol. The minimum atomic E-state index is -0.0150. The molecule has 0 bridgehead atoms. The lowest BCUT2D eigenvalue weighted by Gasteiger charge is -2.29. The third-order valence-corrected chi connectivity index (χ3v) is 4.79. The van der Waals surface area contributed by atoms with Gasteiger partial charge in [-0.2, -0.15) is 0 Å². The molecule has 2 aliphatic rings. The molecule has 2 amide bonds. The van der Waals surface area contributed by atoms with Gasteiger partial charge in [-0.05, 0) is 24.7 Å². The Morgan fingerprint density at radius 1 is 1.10 bits per heavy atom. The lowest BCUT2D eigenvalue weighted by atomic mass is 9.89. The first-order valence-corrected chi connectivity index (χ1v) is 8.04. The van der Waals surface area contributed by atoms with Gasteiger partial charge in [0, 0.05) is 38.9 Å². The van der Waals surface area contributed by atoms with E-state index in [2.05, 4.69) is 13.8 Å². The summed E-state index contributed by atoms with van der Waals surface area (Å²) in [5.74, 6) is 1.46. The van der Waals surface area contributed by atoms with Crippen LogP contribution in [0.5, 0.6) is 0 Å². The van der Waals surface area contributed by atoms with E-state index in [1.807, 2.05) is 0 Å². The molecule has 1 atom stereocenters. The molecule has 5 heteroatoms. The molecule has 0 aromatic rings. The van der Waals surface area contributed by atoms with Gasteiger partial charge in [0.1, 0.15) is 5.78 Å². The Balaban J connectivity index is 1.87. The summed E-state index contributed by atoms with van der Waals surface area (Å²) in [7, 11) is 0. The third-order valence-electron chi connectivity index (χ3n) is 4.79. The second-order valence-electron chi connectivity index (χ2n) is 6.57. The zero-order valence-electron chi connectivity index (χ0n) is 13.1. The predicted molar refractivity (Wildman–Crippen MR) is 79.6 cm³/mol. The van der Waals surface area contributed by atoms with Gasteiger partial charge >= 0.3 is 0 Å². The van der Waals surface area contributed by atoms with Crippen LogP contribution in [0, 0.1) is 11.8 Å². The van der Waals surface area contributed by atoms with Gasteiger partial charge in [0.2, 0.25) is 11.8 Å². The van der Waals surface area contributed by atoms with Crippen LogP contribution < -0.4 is 0 Å². The van der Waals surface area contributed by atoms with Gasteiger partial charge in [-0.25, -0.2) is 0 Å². The molecule has 0 aromatic heterocycles. The van der Waals surface area contributed by atoms with Gasteiger partial charge in [-0.1, -0.05) is 13.8 Å². The summed E-state index contributed by atoms with van der Waals surface area (Å²) in [6, 6.07) is 0. The molecule has 21 heavy (non-hydrogen) atoms. The van der Waals surface area contributed by atoms with Crippen LogP contribution in [-0.4, -0.2) is 53.6 Å². The normalized spacial score (nSPS) is 24.4. The van der Waals surface area contributed by atoms with Crippen molar-refractivity contribution in [2.24, 2.45) is 11.8 Å². The average Bonchev–Trinajstić information content (AvgIpc) is 2.62. The summed E-state index contributed by atoms with van der Waals surface area (Å²) in [4.78, 5) is 39.1. The highest BCUT2D eigenvalue weighted by Gasteiger charge is 2.28. The van der Waals surface area contributed by atoms with Gasteiger partial charge in [0.05, 0.1) is 6.54 Å². The van der Waals surface area contributed by atoms with Crippen molar-refractivity contribution in [3.05, 3.63) is 0 Å². The van der Waals surface area contributed by atoms with Crippen LogP contribution in [0.3, 0.4) is 0 Å². The van der Waals surface area contributed by atoms with E-state index in [0.29, 0.717) is 50.7 Å². The fourth-order valence-electron chi connectivity index (χ4n) is 3.16. The number of Topliss-reactive ketones (excluding diaryl/α,β-unsaturated/α-hetero) is 1. The molecule has 2 saturated heterocycles. The molecule has 2 heterocycles. The molecule has 2 aliphatic heterocycles. The molecule has 5 nitrogen and oxygen atoms in total. The van der Waals surface area contributed by atoms with Crippen LogP contribution in [0.4, 0.5) is 0 Å². The van der Waals surface area contributed by atoms with Crippen molar-refractivity contribution >= 4 is 17.6 Å². The van der Waals surface area contributed by atoms with Crippen molar-refractivity contribution in [2.75, 3.05) is 26.2 Å². The molecule has 2 fully saturated rings. The van der Waals surface area contributed by atoms with Crippen LogP contribution in [0.1, 0.15) is 46.0 Å². The summed E-state index contributed by atoms with van der Waals surface area (Å²) < 4.78 is 0. The van der Waals surface area contributed by atoms with Crippen LogP contribution in [0.15, 0.2) is 0 Å². The Morgan fingerprint density at radius 3 is 2.38 bits per heavy atom. The number of hydrogen-bond donors (Lipinski definition) is 0. The quantitative estimate of drug-likeness (QED) is 0.792. The largest absolute Gasteiger partial charge is 0.340 e. The first kappa shape index (κ1) is 16.0. The Labute approximate surface area is 126 Å². The first-order valence-electron chi connectivity index (χ1n) is 8.04. The van der Waals surface area contributed by atoms with E-state index in [0.717, 1.165) is 12.8 Å². The zero-order valence-corrected chi connectivity index (χ0v) is 13.1. The predicted octanol–water partition coefficient (Wildman–Crippen LogP) is 1.46. The van der Waals surface area contributed by atoms with E-state index in [-0.39, 0.29) is 24.1 Å². The molecule has 0 aromatic carbocycles. The Morgan fingerprint density at radius 2 is 1.76 bits per heavy atom. The van der Waals surface area contributed by atoms with E-state index in [4.69, 9.17) is 0 Å². The van der Waals surface area contributed by atoms with E-state index in [1.165, 1.54) is 0 Å². The summed E-state index contributed by atoms with van der Waals surface area (Å²) in [5.41, 5.74) is 0. The van der Waals surface area contributed by atoms with Crippen LogP contribution in [0.25, 0.3) is 0 Å². The first-order chi connectivity index (χ1) is 9.97. The van der Waals surface area contributed by atoms with Crippen LogP contribution in [0.2, 0.25) is 0 Å². The van der Waals surface area contributed by atoms with Crippen molar-refractivity contribution < 1.29 is 14.4 Å². The second kappa shape index (κ2) is 7.05. The number of ketones is 1. The van der Waals surface area contributed by atoms with Gasteiger partial charge in [-0.3, -0.25) is 14.4 Å². The number of carbonyl (C=O) groups is 3. The number of likely N-dealkylation sites (tertiary alicyclic amines) is 2. The highest BCUT2D eigenvalue weighted by molar-refractivity contribution is 5.87. The van der Waals surface area contributed by atoms with Crippen LogP contribution >= 0.6 is 0 Å². The minimum Gasteiger partial charge on any atom is -0.340 e. The van der Waals surface area contributed by atoms with E-state index >= 15 is 0 Å². The molecule has 0 saturated carbocycles. The fraction of sp³-hybridized carbons (Fsp3) is 0.812. The van der Waals surface area contributed by atoms with Gasteiger partial charge in [-0.15, -0.1) is 0 Å². The van der Waals surface area contributed by atoms with Crippen LogP contribution in [-0.2, 0) is 14.4 Å². The zero-order chi connectivity index (χ0) is 15.4. The maximum absolute atomic E-state index is 12.3. The maximum atomic E-state index is 12.3. The number of amides is 2.